The zero-order chi connectivity index (χ0) is 10.8. The second-order valence-corrected chi connectivity index (χ2v) is 4.09. The minimum absolute atomic E-state index is 0.303. The first-order chi connectivity index (χ1) is 7.22. The van der Waals surface area contributed by atoms with Crippen molar-refractivity contribution in [2.24, 2.45) is 11.7 Å². The van der Waals surface area contributed by atoms with E-state index in [9.17, 15) is 4.39 Å². The number of nitrogens with zero attached hydrogens (tertiary/aromatic N) is 2. The van der Waals surface area contributed by atoms with Gasteiger partial charge in [0.05, 0.1) is 6.20 Å². The highest BCUT2D eigenvalue weighted by atomic mass is 19.1. The van der Waals surface area contributed by atoms with E-state index in [-0.39, 0.29) is 5.82 Å². The van der Waals surface area contributed by atoms with Crippen LogP contribution in [0, 0.1) is 11.7 Å². The molecule has 15 heavy (non-hydrogen) atoms. The average Bonchev–Trinajstić information content (AvgIpc) is 3.04. The minimum Gasteiger partial charge on any atom is -0.355 e. The molecular weight excluding hydrogens is 193 g/mol. The summed E-state index contributed by atoms with van der Waals surface area (Å²) in [5, 5.41) is 0. The SMILES string of the molecule is CN(c1ccc(F)cn1)C(CN)C1CC1. The summed E-state index contributed by atoms with van der Waals surface area (Å²) in [6.45, 7) is 0.625. The van der Waals surface area contributed by atoms with Crippen molar-refractivity contribution in [1.82, 2.24) is 4.98 Å². The molecule has 0 radical (unpaired) electrons. The van der Waals surface area contributed by atoms with Crippen LogP contribution >= 0.6 is 0 Å². The van der Waals surface area contributed by atoms with Gasteiger partial charge in [0.1, 0.15) is 11.6 Å². The zero-order valence-electron chi connectivity index (χ0n) is 8.86. The van der Waals surface area contributed by atoms with Crippen molar-refractivity contribution in [3.63, 3.8) is 0 Å². The maximum Gasteiger partial charge on any atom is 0.141 e. The van der Waals surface area contributed by atoms with E-state index in [1.54, 1.807) is 6.07 Å². The van der Waals surface area contributed by atoms with E-state index >= 15 is 0 Å². The van der Waals surface area contributed by atoms with Gasteiger partial charge in [-0.3, -0.25) is 0 Å². The molecule has 2 N–H and O–H groups in total. The van der Waals surface area contributed by atoms with E-state index in [1.807, 2.05) is 7.05 Å². The predicted molar refractivity (Wildman–Crippen MR) is 58.2 cm³/mol. The Hall–Kier alpha value is -1.16. The Labute approximate surface area is 89.1 Å². The van der Waals surface area contributed by atoms with Crippen LogP contribution in [0.25, 0.3) is 0 Å². The van der Waals surface area contributed by atoms with E-state index in [1.165, 1.54) is 25.1 Å². The highest BCUT2D eigenvalue weighted by molar-refractivity contribution is 5.39. The van der Waals surface area contributed by atoms with Crippen LogP contribution in [0.4, 0.5) is 10.2 Å². The number of rotatable bonds is 4. The van der Waals surface area contributed by atoms with Gasteiger partial charge in [-0.25, -0.2) is 9.37 Å². The Balaban J connectivity index is 2.11. The number of hydrogen-bond donors (Lipinski definition) is 1. The smallest absolute Gasteiger partial charge is 0.141 e. The van der Waals surface area contributed by atoms with E-state index < -0.39 is 0 Å². The Morgan fingerprint density at radius 3 is 2.80 bits per heavy atom. The molecule has 4 heteroatoms. The van der Waals surface area contributed by atoms with E-state index in [0.717, 1.165) is 5.82 Å². The number of halogens is 1. The normalized spacial score (nSPS) is 17.5. The van der Waals surface area contributed by atoms with Gasteiger partial charge in [-0.2, -0.15) is 0 Å². The number of hydrogen-bond acceptors (Lipinski definition) is 3. The lowest BCUT2D eigenvalue weighted by Gasteiger charge is -2.28. The molecular formula is C11H16FN3. The van der Waals surface area contributed by atoms with Crippen LogP contribution in [-0.4, -0.2) is 24.6 Å². The van der Waals surface area contributed by atoms with E-state index in [2.05, 4.69) is 9.88 Å². The Bertz CT molecular complexity index is 321. The van der Waals surface area contributed by atoms with Gasteiger partial charge in [0, 0.05) is 19.6 Å². The molecule has 1 atom stereocenters. The fraction of sp³-hybridized carbons (Fsp3) is 0.545. The van der Waals surface area contributed by atoms with E-state index in [4.69, 9.17) is 5.73 Å². The standard InChI is InChI=1S/C11H16FN3/c1-15(10(6-13)8-2-3-8)11-5-4-9(12)7-14-11/h4-5,7-8,10H,2-3,6,13H2,1H3. The molecule has 3 nitrogen and oxygen atoms in total. The Kier molecular flexibility index (Phi) is 2.86. The second-order valence-electron chi connectivity index (χ2n) is 4.09. The average molecular weight is 209 g/mol. The van der Waals surface area contributed by atoms with Crippen LogP contribution in [0.15, 0.2) is 18.3 Å². The molecule has 1 aliphatic carbocycles. The zero-order valence-corrected chi connectivity index (χ0v) is 8.86. The molecule has 2 rings (SSSR count). The summed E-state index contributed by atoms with van der Waals surface area (Å²) < 4.78 is 12.7. The van der Waals surface area contributed by atoms with Gasteiger partial charge >= 0.3 is 0 Å². The van der Waals surface area contributed by atoms with Gasteiger partial charge in [0.15, 0.2) is 0 Å². The van der Waals surface area contributed by atoms with Crippen LogP contribution in [0.1, 0.15) is 12.8 Å². The summed E-state index contributed by atoms with van der Waals surface area (Å²) in [6.07, 6.45) is 3.73. The van der Waals surface area contributed by atoms with Crippen LogP contribution < -0.4 is 10.6 Å². The third-order valence-electron chi connectivity index (χ3n) is 2.98. The van der Waals surface area contributed by atoms with Gasteiger partial charge in [0.2, 0.25) is 0 Å². The first kappa shape index (κ1) is 10.4. The summed E-state index contributed by atoms with van der Waals surface area (Å²) in [4.78, 5) is 6.11. The maximum atomic E-state index is 12.7. The maximum absolute atomic E-state index is 12.7. The van der Waals surface area contributed by atoms with Gasteiger partial charge in [-0.15, -0.1) is 0 Å². The highest BCUT2D eigenvalue weighted by Gasteiger charge is 2.33. The van der Waals surface area contributed by atoms with Gasteiger partial charge < -0.3 is 10.6 Å². The van der Waals surface area contributed by atoms with Gasteiger partial charge in [-0.1, -0.05) is 0 Å². The minimum atomic E-state index is -0.303. The third kappa shape index (κ3) is 2.26. The van der Waals surface area contributed by atoms with Gasteiger partial charge in [0.25, 0.3) is 0 Å². The molecule has 1 saturated carbocycles. The summed E-state index contributed by atoms with van der Waals surface area (Å²) >= 11 is 0. The third-order valence-corrected chi connectivity index (χ3v) is 2.98. The monoisotopic (exact) mass is 209 g/mol. The number of aromatic nitrogens is 1. The Morgan fingerprint density at radius 1 is 1.60 bits per heavy atom. The predicted octanol–water partition coefficient (Wildman–Crippen LogP) is 1.39. The molecule has 0 bridgehead atoms. The first-order valence-electron chi connectivity index (χ1n) is 5.27. The summed E-state index contributed by atoms with van der Waals surface area (Å²) in [5.74, 6) is 1.17. The summed E-state index contributed by atoms with van der Waals surface area (Å²) in [7, 11) is 1.97. The van der Waals surface area contributed by atoms with Crippen molar-refractivity contribution in [2.45, 2.75) is 18.9 Å². The molecule has 0 amide bonds. The molecule has 0 aromatic carbocycles. The van der Waals surface area contributed by atoms with Crippen molar-refractivity contribution < 1.29 is 4.39 Å². The molecule has 1 aromatic rings. The van der Waals surface area contributed by atoms with Gasteiger partial charge in [-0.05, 0) is 30.9 Å². The fourth-order valence-corrected chi connectivity index (χ4v) is 1.89. The van der Waals surface area contributed by atoms with Crippen molar-refractivity contribution in [1.29, 1.82) is 0 Å². The molecule has 1 unspecified atom stereocenters. The number of nitrogens with two attached hydrogens (primary N) is 1. The van der Waals surface area contributed by atoms with Crippen molar-refractivity contribution in [3.05, 3.63) is 24.1 Å². The second kappa shape index (κ2) is 4.14. The molecule has 0 spiro atoms. The van der Waals surface area contributed by atoms with E-state index in [0.29, 0.717) is 18.5 Å². The number of pyridine rings is 1. The van der Waals surface area contributed by atoms with Crippen molar-refractivity contribution in [2.75, 3.05) is 18.5 Å². The van der Waals surface area contributed by atoms with Crippen LogP contribution in [0.3, 0.4) is 0 Å². The summed E-state index contributed by atoms with van der Waals surface area (Å²) in [5.41, 5.74) is 5.74. The topological polar surface area (TPSA) is 42.2 Å². The van der Waals surface area contributed by atoms with Crippen LogP contribution in [0.5, 0.6) is 0 Å². The highest BCUT2D eigenvalue weighted by Crippen LogP contribution is 2.35. The van der Waals surface area contributed by atoms with Crippen molar-refractivity contribution >= 4 is 5.82 Å². The quantitative estimate of drug-likeness (QED) is 0.815. The molecule has 0 saturated heterocycles. The summed E-state index contributed by atoms with van der Waals surface area (Å²) in [6, 6.07) is 3.46. The number of likely N-dealkylation sites (N-methyl/N-ethyl adjacent to an activating group) is 1. The van der Waals surface area contributed by atoms with Crippen molar-refractivity contribution in [3.8, 4) is 0 Å². The lowest BCUT2D eigenvalue weighted by molar-refractivity contribution is 0.563. The molecule has 1 aromatic heterocycles. The molecule has 1 aliphatic rings. The van der Waals surface area contributed by atoms with Crippen LogP contribution in [-0.2, 0) is 0 Å². The van der Waals surface area contributed by atoms with Crippen LogP contribution in [0.2, 0.25) is 0 Å². The first-order valence-corrected chi connectivity index (χ1v) is 5.27. The molecule has 1 fully saturated rings. The molecule has 82 valence electrons. The largest absolute Gasteiger partial charge is 0.355 e. The lowest BCUT2D eigenvalue weighted by atomic mass is 10.1. The molecule has 1 heterocycles. The Morgan fingerprint density at radius 2 is 2.33 bits per heavy atom. The fourth-order valence-electron chi connectivity index (χ4n) is 1.89. The number of anilines is 1. The molecule has 0 aliphatic heterocycles. The lowest BCUT2D eigenvalue weighted by Crippen LogP contribution is -2.40.